The second-order valence-electron chi connectivity index (χ2n) is 2.54. The smallest absolute Gasteiger partial charge is 0.225 e. The van der Waals surface area contributed by atoms with Crippen molar-refractivity contribution >= 4 is 10.0 Å². The molecule has 0 radical (unpaired) electrons. The third-order valence-electron chi connectivity index (χ3n) is 1.51. The van der Waals surface area contributed by atoms with Crippen molar-refractivity contribution in [2.45, 2.75) is 11.3 Å². The molecule has 0 heterocycles. The van der Waals surface area contributed by atoms with Crippen LogP contribution in [0.5, 0.6) is 0 Å². The first-order valence-electron chi connectivity index (χ1n) is 3.43. The lowest BCUT2D eigenvalue weighted by Gasteiger charge is -2.03. The van der Waals surface area contributed by atoms with Gasteiger partial charge in [-0.15, -0.1) is 0 Å². The summed E-state index contributed by atoms with van der Waals surface area (Å²) in [6.07, 6.45) is -2.85. The highest BCUT2D eigenvalue weighted by Gasteiger charge is 2.16. The Balaban J connectivity index is 3.28. The first-order valence-corrected chi connectivity index (χ1v) is 4.97. The van der Waals surface area contributed by atoms with E-state index in [0.717, 1.165) is 6.07 Å². The number of halogens is 3. The zero-order valence-corrected chi connectivity index (χ0v) is 7.56. The van der Waals surface area contributed by atoms with Crippen LogP contribution in [0.4, 0.5) is 13.2 Å². The van der Waals surface area contributed by atoms with Crippen molar-refractivity contribution < 1.29 is 21.6 Å². The number of hydrogen-bond acceptors (Lipinski definition) is 2. The van der Waals surface area contributed by atoms with Crippen LogP contribution in [0.3, 0.4) is 0 Å². The fraction of sp³-hybridized carbons (Fsp3) is 0.143. The maximum atomic E-state index is 12.9. The summed E-state index contributed by atoms with van der Waals surface area (Å²) < 4.78 is 58.3. The van der Waals surface area contributed by atoms with Crippen molar-refractivity contribution in [1.82, 2.24) is 0 Å². The molecule has 7 heteroatoms. The van der Waals surface area contributed by atoms with Gasteiger partial charge in [0.05, 0.1) is 0 Å². The van der Waals surface area contributed by atoms with Crippen LogP contribution in [0.15, 0.2) is 23.1 Å². The van der Waals surface area contributed by atoms with Crippen LogP contribution in [-0.4, -0.2) is 8.42 Å². The molecule has 14 heavy (non-hydrogen) atoms. The summed E-state index contributed by atoms with van der Waals surface area (Å²) in [4.78, 5) is -0.790. The Morgan fingerprint density at radius 2 is 1.86 bits per heavy atom. The molecule has 0 spiro atoms. The second kappa shape index (κ2) is 3.58. The Labute approximate surface area is 78.4 Å². The summed E-state index contributed by atoms with van der Waals surface area (Å²) in [5.74, 6) is -1.27. The quantitative estimate of drug-likeness (QED) is 0.827. The average Bonchev–Trinajstić information content (AvgIpc) is 2.01. The highest BCUT2D eigenvalue weighted by atomic mass is 32.2. The number of nitrogens with two attached hydrogens (primary N) is 1. The maximum absolute atomic E-state index is 12.9. The first kappa shape index (κ1) is 11.0. The molecule has 0 amide bonds. The van der Waals surface area contributed by atoms with Gasteiger partial charge in [-0.1, -0.05) is 6.07 Å². The van der Waals surface area contributed by atoms with Gasteiger partial charge in [0.25, 0.3) is 6.43 Å². The van der Waals surface area contributed by atoms with Crippen LogP contribution in [0.1, 0.15) is 12.0 Å². The van der Waals surface area contributed by atoms with E-state index in [1.807, 2.05) is 0 Å². The van der Waals surface area contributed by atoms with E-state index >= 15 is 0 Å². The number of benzene rings is 1. The Morgan fingerprint density at radius 3 is 2.21 bits per heavy atom. The zero-order valence-electron chi connectivity index (χ0n) is 6.75. The van der Waals surface area contributed by atoms with Crippen molar-refractivity contribution in [3.8, 4) is 0 Å². The van der Waals surface area contributed by atoms with E-state index in [1.54, 1.807) is 0 Å². The lowest BCUT2D eigenvalue weighted by Crippen LogP contribution is -2.14. The Morgan fingerprint density at radius 1 is 1.29 bits per heavy atom. The van der Waals surface area contributed by atoms with Crippen molar-refractivity contribution in [2.24, 2.45) is 5.14 Å². The average molecular weight is 225 g/mol. The minimum Gasteiger partial charge on any atom is -0.225 e. The molecule has 1 rings (SSSR count). The van der Waals surface area contributed by atoms with Crippen molar-refractivity contribution in [3.63, 3.8) is 0 Å². The standard InChI is InChI=1S/C7H6F3NO2S/c8-5-3-4(7(9)10)1-2-6(5)14(11,12)13/h1-3,7H,(H2,11,12,13). The molecular formula is C7H6F3NO2S. The fourth-order valence-corrected chi connectivity index (χ4v) is 1.47. The minimum atomic E-state index is -4.20. The SMILES string of the molecule is NS(=O)(=O)c1ccc(C(F)F)cc1F. The summed E-state index contributed by atoms with van der Waals surface area (Å²) in [6.45, 7) is 0. The van der Waals surface area contributed by atoms with E-state index in [2.05, 4.69) is 5.14 Å². The number of sulfonamides is 1. The lowest BCUT2D eigenvalue weighted by atomic mass is 10.2. The van der Waals surface area contributed by atoms with E-state index in [0.29, 0.717) is 12.1 Å². The third-order valence-corrected chi connectivity index (χ3v) is 2.46. The topological polar surface area (TPSA) is 60.2 Å². The molecule has 0 aliphatic rings. The van der Waals surface area contributed by atoms with E-state index in [4.69, 9.17) is 0 Å². The predicted octanol–water partition coefficient (Wildman–Crippen LogP) is 1.41. The van der Waals surface area contributed by atoms with Crippen molar-refractivity contribution in [3.05, 3.63) is 29.6 Å². The fourth-order valence-electron chi connectivity index (χ4n) is 0.884. The molecule has 3 nitrogen and oxygen atoms in total. The zero-order chi connectivity index (χ0) is 10.9. The molecule has 0 fully saturated rings. The van der Waals surface area contributed by atoms with Gasteiger partial charge in [-0.05, 0) is 12.1 Å². The van der Waals surface area contributed by atoms with Crippen LogP contribution in [-0.2, 0) is 10.0 Å². The predicted molar refractivity (Wildman–Crippen MR) is 42.7 cm³/mol. The van der Waals surface area contributed by atoms with Crippen LogP contribution in [0, 0.1) is 5.82 Å². The molecule has 0 aromatic heterocycles. The molecule has 78 valence electrons. The highest BCUT2D eigenvalue weighted by molar-refractivity contribution is 7.89. The van der Waals surface area contributed by atoms with E-state index < -0.39 is 32.7 Å². The van der Waals surface area contributed by atoms with Gasteiger partial charge in [0, 0.05) is 5.56 Å². The normalized spacial score (nSPS) is 12.1. The summed E-state index contributed by atoms with van der Waals surface area (Å²) in [7, 11) is -4.20. The van der Waals surface area contributed by atoms with E-state index in [-0.39, 0.29) is 0 Å². The van der Waals surface area contributed by atoms with Crippen LogP contribution >= 0.6 is 0 Å². The Bertz CT molecular complexity index is 444. The molecule has 2 N–H and O–H groups in total. The summed E-state index contributed by atoms with van der Waals surface area (Å²) in [6, 6.07) is 1.98. The Kier molecular flexibility index (Phi) is 2.81. The monoisotopic (exact) mass is 225 g/mol. The molecule has 0 aliphatic heterocycles. The third kappa shape index (κ3) is 2.24. The van der Waals surface area contributed by atoms with E-state index in [9.17, 15) is 21.6 Å². The van der Waals surface area contributed by atoms with Crippen LogP contribution in [0.2, 0.25) is 0 Å². The molecular weight excluding hydrogens is 219 g/mol. The molecule has 0 atom stereocenters. The molecule has 1 aromatic rings. The molecule has 0 unspecified atom stereocenters. The van der Waals surface area contributed by atoms with Gasteiger partial charge < -0.3 is 0 Å². The molecule has 0 bridgehead atoms. The van der Waals surface area contributed by atoms with Gasteiger partial charge in [0.1, 0.15) is 10.7 Å². The number of primary sulfonamides is 1. The lowest BCUT2D eigenvalue weighted by molar-refractivity contribution is 0.151. The highest BCUT2D eigenvalue weighted by Crippen LogP contribution is 2.22. The van der Waals surface area contributed by atoms with Crippen molar-refractivity contribution in [2.75, 3.05) is 0 Å². The van der Waals surface area contributed by atoms with Gasteiger partial charge in [-0.25, -0.2) is 26.7 Å². The maximum Gasteiger partial charge on any atom is 0.263 e. The second-order valence-corrected chi connectivity index (χ2v) is 4.07. The van der Waals surface area contributed by atoms with Gasteiger partial charge in [0.15, 0.2) is 0 Å². The number of hydrogen-bond donors (Lipinski definition) is 1. The van der Waals surface area contributed by atoms with Gasteiger partial charge in [0.2, 0.25) is 10.0 Å². The van der Waals surface area contributed by atoms with Gasteiger partial charge in [-0.2, -0.15) is 0 Å². The minimum absolute atomic E-state index is 0.449. The number of alkyl halides is 2. The Hall–Kier alpha value is -1.08. The van der Waals surface area contributed by atoms with E-state index in [1.165, 1.54) is 0 Å². The molecule has 0 aliphatic carbocycles. The molecule has 0 saturated heterocycles. The number of rotatable bonds is 2. The van der Waals surface area contributed by atoms with Crippen molar-refractivity contribution in [1.29, 1.82) is 0 Å². The first-order chi connectivity index (χ1) is 6.32. The largest absolute Gasteiger partial charge is 0.263 e. The summed E-state index contributed by atoms with van der Waals surface area (Å²) in [5, 5.41) is 4.63. The van der Waals surface area contributed by atoms with Gasteiger partial charge in [-0.3, -0.25) is 0 Å². The van der Waals surface area contributed by atoms with Crippen LogP contribution in [0.25, 0.3) is 0 Å². The molecule has 1 aromatic carbocycles. The van der Waals surface area contributed by atoms with Crippen LogP contribution < -0.4 is 5.14 Å². The molecule has 0 saturated carbocycles. The summed E-state index contributed by atoms with van der Waals surface area (Å²) >= 11 is 0. The van der Waals surface area contributed by atoms with Gasteiger partial charge >= 0.3 is 0 Å². The summed E-state index contributed by atoms with van der Waals surface area (Å²) in [5.41, 5.74) is -0.588.